The maximum Gasteiger partial charge on any atom is 0.343 e. The molecule has 0 fully saturated rings. The molecule has 0 bridgehead atoms. The number of esters is 1. The van der Waals surface area contributed by atoms with E-state index >= 15 is 0 Å². The second-order valence-corrected chi connectivity index (χ2v) is 4.69. The molecule has 1 aromatic carbocycles. The van der Waals surface area contributed by atoms with Crippen LogP contribution in [-0.2, 0) is 9.53 Å². The molecule has 2 atom stereocenters. The number of carbonyl (C=O) groups excluding carboxylic acids is 1. The quantitative estimate of drug-likeness (QED) is 0.854. The van der Waals surface area contributed by atoms with E-state index in [0.717, 1.165) is 0 Å². The monoisotopic (exact) mass is 334 g/mol. The number of alkyl halides is 1. The molecule has 2 rings (SSSR count). The number of aliphatic hydroxyl groups is 1. The molecule has 5 nitrogen and oxygen atoms in total. The second-order valence-electron chi connectivity index (χ2n) is 3.84. The molecule has 7 heteroatoms. The van der Waals surface area contributed by atoms with E-state index < -0.39 is 18.2 Å². The summed E-state index contributed by atoms with van der Waals surface area (Å²) in [7, 11) is 0. The Bertz CT molecular complexity index is 493. The molecule has 0 aromatic heterocycles. The SMILES string of the molecule is CCOC(=O)C(F)C(O)c1cc(Br)c2c(c1)OCO2. The van der Waals surface area contributed by atoms with Gasteiger partial charge in [-0.3, -0.25) is 0 Å². The Hall–Kier alpha value is -1.34. The van der Waals surface area contributed by atoms with Crippen molar-refractivity contribution in [2.75, 3.05) is 13.4 Å². The molecule has 1 aliphatic rings. The lowest BCUT2D eigenvalue weighted by molar-refractivity contribution is -0.153. The highest BCUT2D eigenvalue weighted by atomic mass is 79.9. The molecular weight excluding hydrogens is 323 g/mol. The average Bonchev–Trinajstić information content (AvgIpc) is 2.86. The lowest BCUT2D eigenvalue weighted by Gasteiger charge is -2.15. The van der Waals surface area contributed by atoms with Gasteiger partial charge >= 0.3 is 5.97 Å². The van der Waals surface area contributed by atoms with Crippen molar-refractivity contribution in [2.45, 2.75) is 19.2 Å². The summed E-state index contributed by atoms with van der Waals surface area (Å²) in [5.74, 6) is -0.217. The molecule has 2 unspecified atom stereocenters. The Morgan fingerprint density at radius 1 is 1.58 bits per heavy atom. The predicted octanol–water partition coefficient (Wildman–Crippen LogP) is 2.11. The van der Waals surface area contributed by atoms with Crippen LogP contribution in [0, 0.1) is 0 Å². The van der Waals surface area contributed by atoms with Crippen LogP contribution < -0.4 is 9.47 Å². The van der Waals surface area contributed by atoms with Crippen molar-refractivity contribution in [3.8, 4) is 11.5 Å². The number of benzene rings is 1. The summed E-state index contributed by atoms with van der Waals surface area (Å²) >= 11 is 3.23. The van der Waals surface area contributed by atoms with Gasteiger partial charge in [-0.2, -0.15) is 0 Å². The van der Waals surface area contributed by atoms with Crippen LogP contribution in [0.3, 0.4) is 0 Å². The predicted molar refractivity (Wildman–Crippen MR) is 66.8 cm³/mol. The fourth-order valence-corrected chi connectivity index (χ4v) is 2.25. The van der Waals surface area contributed by atoms with Crippen LogP contribution in [0.15, 0.2) is 16.6 Å². The minimum atomic E-state index is -2.15. The minimum absolute atomic E-state index is 0.0524. The summed E-state index contributed by atoms with van der Waals surface area (Å²) in [6.45, 7) is 1.68. The van der Waals surface area contributed by atoms with E-state index in [0.29, 0.717) is 16.0 Å². The van der Waals surface area contributed by atoms with Crippen LogP contribution in [0.1, 0.15) is 18.6 Å². The topological polar surface area (TPSA) is 65.0 Å². The van der Waals surface area contributed by atoms with E-state index in [4.69, 9.17) is 9.47 Å². The molecule has 0 aliphatic carbocycles. The van der Waals surface area contributed by atoms with Gasteiger partial charge in [0.15, 0.2) is 11.5 Å². The zero-order valence-electron chi connectivity index (χ0n) is 10.1. The molecule has 1 aromatic rings. The van der Waals surface area contributed by atoms with Gasteiger partial charge in [0.1, 0.15) is 6.10 Å². The van der Waals surface area contributed by atoms with Crippen molar-refractivity contribution in [3.05, 3.63) is 22.2 Å². The van der Waals surface area contributed by atoms with E-state index in [-0.39, 0.29) is 19.0 Å². The van der Waals surface area contributed by atoms with E-state index in [9.17, 15) is 14.3 Å². The first-order valence-electron chi connectivity index (χ1n) is 5.62. The van der Waals surface area contributed by atoms with Gasteiger partial charge in [-0.1, -0.05) is 0 Å². The second kappa shape index (κ2) is 5.75. The third-order valence-corrected chi connectivity index (χ3v) is 3.17. The summed E-state index contributed by atoms with van der Waals surface area (Å²) < 4.78 is 29.1. The first-order valence-corrected chi connectivity index (χ1v) is 6.41. The zero-order valence-corrected chi connectivity index (χ0v) is 11.6. The number of carbonyl (C=O) groups is 1. The molecule has 1 heterocycles. The third kappa shape index (κ3) is 2.82. The molecule has 0 saturated carbocycles. The minimum Gasteiger partial charge on any atom is -0.464 e. The Morgan fingerprint density at radius 3 is 3.00 bits per heavy atom. The highest BCUT2D eigenvalue weighted by molar-refractivity contribution is 9.10. The van der Waals surface area contributed by atoms with E-state index in [1.54, 1.807) is 6.92 Å². The summed E-state index contributed by atoms with van der Waals surface area (Å²) in [6.07, 6.45) is -3.77. The number of aliphatic hydroxyl groups excluding tert-OH is 1. The van der Waals surface area contributed by atoms with Crippen LogP contribution in [0.25, 0.3) is 0 Å². The average molecular weight is 335 g/mol. The van der Waals surface area contributed by atoms with Gasteiger partial charge in [0.05, 0.1) is 11.1 Å². The number of halogens is 2. The largest absolute Gasteiger partial charge is 0.464 e. The van der Waals surface area contributed by atoms with Crippen molar-refractivity contribution in [3.63, 3.8) is 0 Å². The fraction of sp³-hybridized carbons (Fsp3) is 0.417. The number of hydrogen-bond donors (Lipinski definition) is 1. The van der Waals surface area contributed by atoms with Crippen molar-refractivity contribution in [1.82, 2.24) is 0 Å². The standard InChI is InChI=1S/C12H12BrFO5/c1-2-17-12(16)9(14)10(15)6-3-7(13)11-8(4-6)18-5-19-11/h3-4,9-10,15H,2,5H2,1H3. The Balaban J connectivity index is 2.22. The van der Waals surface area contributed by atoms with E-state index in [1.165, 1.54) is 12.1 Å². The maximum atomic E-state index is 13.7. The summed E-state index contributed by atoms with van der Waals surface area (Å²) in [5, 5.41) is 9.85. The molecular formula is C12H12BrFO5. The van der Waals surface area contributed by atoms with Crippen LogP contribution in [-0.4, -0.2) is 30.6 Å². The van der Waals surface area contributed by atoms with Gasteiger partial charge in [-0.05, 0) is 40.5 Å². The van der Waals surface area contributed by atoms with E-state index in [2.05, 4.69) is 20.7 Å². The van der Waals surface area contributed by atoms with Crippen molar-refractivity contribution in [2.24, 2.45) is 0 Å². The zero-order chi connectivity index (χ0) is 14.0. The fourth-order valence-electron chi connectivity index (χ4n) is 1.68. The van der Waals surface area contributed by atoms with Crippen molar-refractivity contribution in [1.29, 1.82) is 0 Å². The molecule has 19 heavy (non-hydrogen) atoms. The summed E-state index contributed by atoms with van der Waals surface area (Å²) in [6, 6.07) is 2.91. The van der Waals surface area contributed by atoms with Crippen LogP contribution in [0.5, 0.6) is 11.5 Å². The molecule has 0 amide bonds. The van der Waals surface area contributed by atoms with Crippen LogP contribution in [0.2, 0.25) is 0 Å². The first-order chi connectivity index (χ1) is 9.04. The third-order valence-electron chi connectivity index (χ3n) is 2.58. The van der Waals surface area contributed by atoms with Gasteiger partial charge in [-0.15, -0.1) is 0 Å². The molecule has 0 saturated heterocycles. The van der Waals surface area contributed by atoms with Gasteiger partial charge < -0.3 is 19.3 Å². The Kier molecular flexibility index (Phi) is 4.26. The molecule has 104 valence electrons. The Morgan fingerprint density at radius 2 is 2.32 bits per heavy atom. The number of fused-ring (bicyclic) bond motifs is 1. The summed E-state index contributed by atoms with van der Waals surface area (Å²) in [4.78, 5) is 11.3. The van der Waals surface area contributed by atoms with Crippen molar-refractivity contribution >= 4 is 21.9 Å². The smallest absolute Gasteiger partial charge is 0.343 e. The molecule has 1 aliphatic heterocycles. The van der Waals surface area contributed by atoms with Gasteiger partial charge in [0.2, 0.25) is 13.0 Å². The highest BCUT2D eigenvalue weighted by Gasteiger charge is 2.31. The molecule has 0 radical (unpaired) electrons. The lowest BCUT2D eigenvalue weighted by atomic mass is 10.0. The summed E-state index contributed by atoms with van der Waals surface area (Å²) in [5.41, 5.74) is 0.205. The number of ether oxygens (including phenoxy) is 3. The molecule has 0 spiro atoms. The molecule has 1 N–H and O–H groups in total. The van der Waals surface area contributed by atoms with E-state index in [1.807, 2.05) is 0 Å². The lowest BCUT2D eigenvalue weighted by Crippen LogP contribution is -2.26. The highest BCUT2D eigenvalue weighted by Crippen LogP contribution is 2.41. The van der Waals surface area contributed by atoms with Gasteiger partial charge in [-0.25, -0.2) is 9.18 Å². The number of hydrogen-bond acceptors (Lipinski definition) is 5. The first kappa shape index (κ1) is 14.1. The number of rotatable bonds is 4. The normalized spacial score (nSPS) is 16.0. The van der Waals surface area contributed by atoms with Crippen LogP contribution in [0.4, 0.5) is 4.39 Å². The Labute approximate surface area is 117 Å². The van der Waals surface area contributed by atoms with Crippen LogP contribution >= 0.6 is 15.9 Å². The van der Waals surface area contributed by atoms with Gasteiger partial charge in [0.25, 0.3) is 0 Å². The van der Waals surface area contributed by atoms with Crippen molar-refractivity contribution < 1.29 is 28.5 Å². The van der Waals surface area contributed by atoms with Gasteiger partial charge in [0, 0.05) is 0 Å². The maximum absolute atomic E-state index is 13.7.